The maximum atomic E-state index is 11.4. The largest absolute Gasteiger partial charge is 0.465 e. The first-order chi connectivity index (χ1) is 10.2. The smallest absolute Gasteiger partial charge is 0.337 e. The molecule has 0 N–H and O–H groups in total. The second kappa shape index (κ2) is 5.10. The summed E-state index contributed by atoms with van der Waals surface area (Å²) in [6.45, 7) is 0. The number of carbonyl (C=O) groups excluding carboxylic acids is 1. The Morgan fingerprint density at radius 1 is 1.24 bits per heavy atom. The van der Waals surface area contributed by atoms with Crippen LogP contribution >= 0.6 is 0 Å². The second-order valence-electron chi connectivity index (χ2n) is 4.47. The summed E-state index contributed by atoms with van der Waals surface area (Å²) in [5.74, 6) is -0.365. The van der Waals surface area contributed by atoms with Crippen LogP contribution in [0.15, 0.2) is 48.8 Å². The summed E-state index contributed by atoms with van der Waals surface area (Å²) in [6.07, 6.45) is 1.69. The van der Waals surface area contributed by atoms with Crippen LogP contribution < -0.4 is 0 Å². The highest BCUT2D eigenvalue weighted by molar-refractivity contribution is 5.89. The Labute approximate surface area is 121 Å². The molecule has 0 aliphatic carbocycles. The van der Waals surface area contributed by atoms with Crippen molar-refractivity contribution >= 4 is 17.0 Å². The quantitative estimate of drug-likeness (QED) is 0.675. The lowest BCUT2D eigenvalue weighted by Gasteiger charge is -2.05. The van der Waals surface area contributed by atoms with Gasteiger partial charge in [-0.3, -0.25) is 4.57 Å². The van der Waals surface area contributed by atoms with Crippen molar-refractivity contribution in [3.8, 4) is 11.8 Å². The molecule has 1 aromatic heterocycles. The minimum Gasteiger partial charge on any atom is -0.465 e. The molecule has 0 fully saturated rings. The van der Waals surface area contributed by atoms with E-state index in [1.165, 1.54) is 7.11 Å². The lowest BCUT2D eigenvalue weighted by atomic mass is 10.2. The molecule has 102 valence electrons. The highest BCUT2D eigenvalue weighted by atomic mass is 16.5. The summed E-state index contributed by atoms with van der Waals surface area (Å²) < 4.78 is 6.57. The first kappa shape index (κ1) is 12.9. The Morgan fingerprint density at radius 2 is 2.00 bits per heavy atom. The van der Waals surface area contributed by atoms with Gasteiger partial charge in [-0.25, -0.2) is 9.78 Å². The van der Waals surface area contributed by atoms with E-state index in [0.717, 1.165) is 16.7 Å². The number of benzene rings is 2. The number of nitriles is 1. The van der Waals surface area contributed by atoms with Crippen LogP contribution in [-0.2, 0) is 4.74 Å². The van der Waals surface area contributed by atoms with Crippen LogP contribution in [0.3, 0.4) is 0 Å². The van der Waals surface area contributed by atoms with Crippen molar-refractivity contribution < 1.29 is 9.53 Å². The number of nitrogens with zero attached hydrogens (tertiary/aromatic N) is 3. The fraction of sp³-hybridized carbons (Fsp3) is 0.0625. The number of methoxy groups -OCH3 is 1. The van der Waals surface area contributed by atoms with Crippen LogP contribution in [0.2, 0.25) is 0 Å². The zero-order valence-electron chi connectivity index (χ0n) is 11.3. The van der Waals surface area contributed by atoms with E-state index in [9.17, 15) is 4.79 Å². The van der Waals surface area contributed by atoms with Crippen molar-refractivity contribution in [2.24, 2.45) is 0 Å². The van der Waals surface area contributed by atoms with E-state index in [2.05, 4.69) is 15.8 Å². The first-order valence-corrected chi connectivity index (χ1v) is 6.29. The van der Waals surface area contributed by atoms with Crippen LogP contribution in [0.1, 0.15) is 15.9 Å². The lowest BCUT2D eigenvalue weighted by molar-refractivity contribution is 0.0601. The number of hydrogen-bond donors (Lipinski definition) is 0. The van der Waals surface area contributed by atoms with Crippen molar-refractivity contribution in [3.63, 3.8) is 0 Å². The number of imidazole rings is 1. The number of carbonyl (C=O) groups is 1. The molecule has 0 unspecified atom stereocenters. The Hall–Kier alpha value is -3.13. The van der Waals surface area contributed by atoms with Crippen molar-refractivity contribution in [2.45, 2.75) is 0 Å². The molecule has 21 heavy (non-hydrogen) atoms. The molecule has 0 amide bonds. The van der Waals surface area contributed by atoms with E-state index in [0.29, 0.717) is 11.1 Å². The molecule has 3 aromatic rings. The summed E-state index contributed by atoms with van der Waals surface area (Å²) in [4.78, 5) is 15.7. The maximum Gasteiger partial charge on any atom is 0.337 e. The molecule has 5 nitrogen and oxygen atoms in total. The highest BCUT2D eigenvalue weighted by Gasteiger charge is 2.08. The Bertz CT molecular complexity index is 857. The van der Waals surface area contributed by atoms with Gasteiger partial charge in [-0.05, 0) is 42.5 Å². The molecule has 0 saturated heterocycles. The predicted octanol–water partition coefficient (Wildman–Crippen LogP) is 2.68. The van der Waals surface area contributed by atoms with Crippen molar-refractivity contribution in [3.05, 3.63) is 59.9 Å². The molecule has 0 atom stereocenters. The molecule has 0 spiro atoms. The minimum atomic E-state index is -0.365. The SMILES string of the molecule is COC(=O)c1ccc(-n2cnc3cc(C#N)ccc32)cc1. The van der Waals surface area contributed by atoms with Gasteiger partial charge in [-0.2, -0.15) is 5.26 Å². The number of ether oxygens (including phenoxy) is 1. The second-order valence-corrected chi connectivity index (χ2v) is 4.47. The van der Waals surface area contributed by atoms with Gasteiger partial charge in [0.1, 0.15) is 6.33 Å². The van der Waals surface area contributed by atoms with Gasteiger partial charge in [0, 0.05) is 5.69 Å². The molecular formula is C16H11N3O2. The van der Waals surface area contributed by atoms with Crippen LogP contribution in [0.25, 0.3) is 16.7 Å². The third kappa shape index (κ3) is 2.23. The monoisotopic (exact) mass is 277 g/mol. The van der Waals surface area contributed by atoms with Gasteiger partial charge in [-0.1, -0.05) is 0 Å². The van der Waals surface area contributed by atoms with Crippen molar-refractivity contribution in [2.75, 3.05) is 7.11 Å². The molecule has 0 aliphatic rings. The fourth-order valence-corrected chi connectivity index (χ4v) is 2.16. The summed E-state index contributed by atoms with van der Waals surface area (Å²) in [7, 11) is 1.35. The lowest BCUT2D eigenvalue weighted by Crippen LogP contribution is -2.01. The molecule has 1 heterocycles. The summed E-state index contributed by atoms with van der Waals surface area (Å²) in [6, 6.07) is 14.5. The van der Waals surface area contributed by atoms with E-state index in [-0.39, 0.29) is 5.97 Å². The van der Waals surface area contributed by atoms with E-state index in [1.54, 1.807) is 30.6 Å². The molecule has 5 heteroatoms. The van der Waals surface area contributed by atoms with Crippen LogP contribution in [0.4, 0.5) is 0 Å². The number of hydrogen-bond acceptors (Lipinski definition) is 4. The highest BCUT2D eigenvalue weighted by Crippen LogP contribution is 2.19. The maximum absolute atomic E-state index is 11.4. The standard InChI is InChI=1S/C16H11N3O2/c1-21-16(20)12-3-5-13(6-4-12)19-10-18-14-8-11(9-17)2-7-15(14)19/h2-8,10H,1H3. The predicted molar refractivity (Wildman–Crippen MR) is 77.1 cm³/mol. The number of esters is 1. The topological polar surface area (TPSA) is 67.9 Å². The number of aromatic nitrogens is 2. The van der Waals surface area contributed by atoms with Gasteiger partial charge < -0.3 is 4.74 Å². The van der Waals surface area contributed by atoms with Crippen LogP contribution in [0, 0.1) is 11.3 Å². The van der Waals surface area contributed by atoms with E-state index < -0.39 is 0 Å². The van der Waals surface area contributed by atoms with Crippen LogP contribution in [0.5, 0.6) is 0 Å². The average molecular weight is 277 g/mol. The first-order valence-electron chi connectivity index (χ1n) is 6.29. The van der Waals surface area contributed by atoms with Gasteiger partial charge in [-0.15, -0.1) is 0 Å². The summed E-state index contributed by atoms with van der Waals surface area (Å²) in [5.41, 5.74) is 3.62. The van der Waals surface area contributed by atoms with Crippen molar-refractivity contribution in [1.29, 1.82) is 5.26 Å². The van der Waals surface area contributed by atoms with Gasteiger partial charge in [0.2, 0.25) is 0 Å². The van der Waals surface area contributed by atoms with Gasteiger partial charge in [0.15, 0.2) is 0 Å². The van der Waals surface area contributed by atoms with E-state index in [1.807, 2.05) is 22.8 Å². The zero-order valence-corrected chi connectivity index (χ0v) is 11.3. The number of rotatable bonds is 2. The third-order valence-electron chi connectivity index (χ3n) is 3.24. The van der Waals surface area contributed by atoms with Gasteiger partial charge in [0.25, 0.3) is 0 Å². The minimum absolute atomic E-state index is 0.365. The normalized spacial score (nSPS) is 10.3. The molecule has 0 radical (unpaired) electrons. The Kier molecular flexibility index (Phi) is 3.13. The Morgan fingerprint density at radius 3 is 2.67 bits per heavy atom. The van der Waals surface area contributed by atoms with Crippen molar-refractivity contribution in [1.82, 2.24) is 9.55 Å². The molecule has 0 saturated carbocycles. The molecule has 0 aliphatic heterocycles. The summed E-state index contributed by atoms with van der Waals surface area (Å²) in [5, 5.41) is 8.90. The molecule has 3 rings (SSSR count). The fourth-order valence-electron chi connectivity index (χ4n) is 2.16. The average Bonchev–Trinajstić information content (AvgIpc) is 2.97. The summed E-state index contributed by atoms with van der Waals surface area (Å²) >= 11 is 0. The van der Waals surface area contributed by atoms with Gasteiger partial charge >= 0.3 is 5.97 Å². The zero-order chi connectivity index (χ0) is 14.8. The Balaban J connectivity index is 2.05. The molecule has 0 bridgehead atoms. The molecular weight excluding hydrogens is 266 g/mol. The molecule has 2 aromatic carbocycles. The van der Waals surface area contributed by atoms with Crippen LogP contribution in [-0.4, -0.2) is 22.6 Å². The number of fused-ring (bicyclic) bond motifs is 1. The van der Waals surface area contributed by atoms with Gasteiger partial charge in [0.05, 0.1) is 35.3 Å². The van der Waals surface area contributed by atoms with E-state index in [4.69, 9.17) is 5.26 Å². The third-order valence-corrected chi connectivity index (χ3v) is 3.24. The van der Waals surface area contributed by atoms with E-state index >= 15 is 0 Å².